The van der Waals surface area contributed by atoms with Gasteiger partial charge in [-0.3, -0.25) is 0 Å². The van der Waals surface area contributed by atoms with E-state index >= 15 is 0 Å². The zero-order valence-corrected chi connectivity index (χ0v) is 8.11. The zero-order valence-electron chi connectivity index (χ0n) is 8.11. The summed E-state index contributed by atoms with van der Waals surface area (Å²) in [6.45, 7) is 6.51. The molecule has 0 aromatic heterocycles. The summed E-state index contributed by atoms with van der Waals surface area (Å²) in [7, 11) is 2.00. The summed E-state index contributed by atoms with van der Waals surface area (Å²) in [5.41, 5.74) is 5.85. The van der Waals surface area contributed by atoms with E-state index in [1.807, 2.05) is 7.05 Å². The molecule has 0 aliphatic heterocycles. The molecule has 0 aromatic rings. The SMILES string of the molecule is CNCC(C)(C)CCCCN. The standard InChI is InChI=1S/C9H22N2/c1-9(2,8-11-3)6-4-5-7-10/h11H,4-8,10H2,1-3H3. The van der Waals surface area contributed by atoms with Crippen LogP contribution in [-0.4, -0.2) is 20.1 Å². The van der Waals surface area contributed by atoms with Crippen LogP contribution >= 0.6 is 0 Å². The Morgan fingerprint density at radius 1 is 1.27 bits per heavy atom. The van der Waals surface area contributed by atoms with Crippen molar-refractivity contribution in [2.75, 3.05) is 20.1 Å². The van der Waals surface area contributed by atoms with Crippen molar-refractivity contribution in [3.8, 4) is 0 Å². The molecule has 0 saturated heterocycles. The highest BCUT2D eigenvalue weighted by atomic mass is 14.8. The van der Waals surface area contributed by atoms with Crippen LogP contribution in [0.15, 0.2) is 0 Å². The fourth-order valence-corrected chi connectivity index (χ4v) is 1.31. The average Bonchev–Trinajstić information content (AvgIpc) is 1.87. The van der Waals surface area contributed by atoms with E-state index in [9.17, 15) is 0 Å². The van der Waals surface area contributed by atoms with Crippen LogP contribution in [0.4, 0.5) is 0 Å². The summed E-state index contributed by atoms with van der Waals surface area (Å²) in [5, 5.41) is 3.20. The topological polar surface area (TPSA) is 38.0 Å². The van der Waals surface area contributed by atoms with Gasteiger partial charge in [0.25, 0.3) is 0 Å². The Kier molecular flexibility index (Phi) is 5.51. The minimum atomic E-state index is 0.434. The molecule has 11 heavy (non-hydrogen) atoms. The second-order valence-electron chi connectivity index (χ2n) is 3.94. The molecule has 0 atom stereocenters. The van der Waals surface area contributed by atoms with Gasteiger partial charge in [0.1, 0.15) is 0 Å². The molecule has 0 aliphatic carbocycles. The molecular formula is C9H22N2. The van der Waals surface area contributed by atoms with Crippen LogP contribution in [0.3, 0.4) is 0 Å². The normalized spacial score (nSPS) is 12.0. The number of hydrogen-bond donors (Lipinski definition) is 2. The van der Waals surface area contributed by atoms with Gasteiger partial charge in [-0.2, -0.15) is 0 Å². The second kappa shape index (κ2) is 5.56. The summed E-state index contributed by atoms with van der Waals surface area (Å²) in [6.07, 6.45) is 3.68. The molecule has 0 fully saturated rings. The van der Waals surface area contributed by atoms with Gasteiger partial charge in [-0.1, -0.05) is 20.3 Å². The number of unbranched alkanes of at least 4 members (excludes halogenated alkanes) is 1. The first kappa shape index (κ1) is 10.9. The molecule has 2 heteroatoms. The molecule has 0 saturated carbocycles. The maximum absolute atomic E-state index is 5.42. The lowest BCUT2D eigenvalue weighted by Crippen LogP contribution is -2.26. The summed E-state index contributed by atoms with van der Waals surface area (Å²) in [6, 6.07) is 0. The highest BCUT2D eigenvalue weighted by Gasteiger charge is 2.15. The molecule has 0 amide bonds. The van der Waals surface area contributed by atoms with Gasteiger partial charge in [0, 0.05) is 0 Å². The van der Waals surface area contributed by atoms with E-state index in [4.69, 9.17) is 5.73 Å². The van der Waals surface area contributed by atoms with Gasteiger partial charge in [0.15, 0.2) is 0 Å². The molecule has 0 rings (SSSR count). The van der Waals surface area contributed by atoms with Crippen molar-refractivity contribution < 1.29 is 0 Å². The Hall–Kier alpha value is -0.0800. The van der Waals surface area contributed by atoms with Gasteiger partial charge in [0.2, 0.25) is 0 Å². The van der Waals surface area contributed by atoms with E-state index < -0.39 is 0 Å². The largest absolute Gasteiger partial charge is 0.330 e. The maximum Gasteiger partial charge on any atom is -0.0000488 e. The molecule has 0 bridgehead atoms. The average molecular weight is 158 g/mol. The quantitative estimate of drug-likeness (QED) is 0.573. The summed E-state index contributed by atoms with van der Waals surface area (Å²) >= 11 is 0. The van der Waals surface area contributed by atoms with Gasteiger partial charge in [-0.25, -0.2) is 0 Å². The van der Waals surface area contributed by atoms with Gasteiger partial charge >= 0.3 is 0 Å². The Morgan fingerprint density at radius 2 is 1.91 bits per heavy atom. The third-order valence-corrected chi connectivity index (χ3v) is 1.96. The first-order valence-electron chi connectivity index (χ1n) is 4.47. The van der Waals surface area contributed by atoms with Crippen molar-refractivity contribution in [2.24, 2.45) is 11.1 Å². The Bertz CT molecular complexity index is 89.6. The van der Waals surface area contributed by atoms with Gasteiger partial charge < -0.3 is 11.1 Å². The van der Waals surface area contributed by atoms with E-state index in [2.05, 4.69) is 19.2 Å². The van der Waals surface area contributed by atoms with Crippen molar-refractivity contribution in [3.63, 3.8) is 0 Å². The number of nitrogens with one attached hydrogen (secondary N) is 1. The van der Waals surface area contributed by atoms with Crippen LogP contribution in [0.25, 0.3) is 0 Å². The van der Waals surface area contributed by atoms with E-state index in [1.165, 1.54) is 12.8 Å². The molecule has 68 valence electrons. The van der Waals surface area contributed by atoms with E-state index in [-0.39, 0.29) is 0 Å². The lowest BCUT2D eigenvalue weighted by atomic mass is 9.87. The Balaban J connectivity index is 3.38. The molecule has 0 heterocycles. The Morgan fingerprint density at radius 3 is 2.36 bits per heavy atom. The van der Waals surface area contributed by atoms with Crippen molar-refractivity contribution in [3.05, 3.63) is 0 Å². The van der Waals surface area contributed by atoms with Crippen molar-refractivity contribution in [1.29, 1.82) is 0 Å². The van der Waals surface area contributed by atoms with Crippen LogP contribution in [0.2, 0.25) is 0 Å². The van der Waals surface area contributed by atoms with Crippen molar-refractivity contribution in [2.45, 2.75) is 33.1 Å². The van der Waals surface area contributed by atoms with Crippen molar-refractivity contribution >= 4 is 0 Å². The summed E-state index contributed by atoms with van der Waals surface area (Å²) in [4.78, 5) is 0. The van der Waals surface area contributed by atoms with Crippen LogP contribution in [0.1, 0.15) is 33.1 Å². The summed E-state index contributed by atoms with van der Waals surface area (Å²) in [5.74, 6) is 0. The highest BCUT2D eigenvalue weighted by Crippen LogP contribution is 2.21. The van der Waals surface area contributed by atoms with Gasteiger partial charge in [0.05, 0.1) is 0 Å². The number of rotatable bonds is 6. The minimum absolute atomic E-state index is 0.434. The third kappa shape index (κ3) is 6.32. The fraction of sp³-hybridized carbons (Fsp3) is 1.00. The van der Waals surface area contributed by atoms with Gasteiger partial charge in [-0.05, 0) is 38.4 Å². The second-order valence-corrected chi connectivity index (χ2v) is 3.94. The van der Waals surface area contributed by atoms with Crippen molar-refractivity contribution in [1.82, 2.24) is 5.32 Å². The van der Waals surface area contributed by atoms with Gasteiger partial charge in [-0.15, -0.1) is 0 Å². The van der Waals surface area contributed by atoms with E-state index in [1.54, 1.807) is 0 Å². The maximum atomic E-state index is 5.42. The predicted octanol–water partition coefficient (Wildman–Crippen LogP) is 1.36. The molecule has 0 radical (unpaired) electrons. The third-order valence-electron chi connectivity index (χ3n) is 1.96. The molecule has 0 aromatic carbocycles. The van der Waals surface area contributed by atoms with Crippen LogP contribution in [0.5, 0.6) is 0 Å². The smallest absolute Gasteiger partial charge is 0.0000488 e. The lowest BCUT2D eigenvalue weighted by molar-refractivity contribution is 0.312. The number of hydrogen-bond acceptors (Lipinski definition) is 2. The minimum Gasteiger partial charge on any atom is -0.330 e. The molecule has 0 aliphatic rings. The van der Waals surface area contributed by atoms with Crippen LogP contribution in [0, 0.1) is 5.41 Å². The van der Waals surface area contributed by atoms with Crippen LogP contribution in [-0.2, 0) is 0 Å². The fourth-order valence-electron chi connectivity index (χ4n) is 1.31. The zero-order chi connectivity index (χ0) is 8.74. The highest BCUT2D eigenvalue weighted by molar-refractivity contribution is 4.70. The monoisotopic (exact) mass is 158 g/mol. The molecule has 3 N–H and O–H groups in total. The van der Waals surface area contributed by atoms with E-state index in [0.29, 0.717) is 5.41 Å². The molecular weight excluding hydrogens is 136 g/mol. The first-order chi connectivity index (χ1) is 5.12. The Labute approximate surface area is 70.5 Å². The summed E-state index contributed by atoms with van der Waals surface area (Å²) < 4.78 is 0. The first-order valence-corrected chi connectivity index (χ1v) is 4.47. The molecule has 2 nitrogen and oxygen atoms in total. The number of nitrogens with two attached hydrogens (primary N) is 1. The lowest BCUT2D eigenvalue weighted by Gasteiger charge is -2.23. The predicted molar refractivity (Wildman–Crippen MR) is 50.6 cm³/mol. The van der Waals surface area contributed by atoms with Crippen LogP contribution < -0.4 is 11.1 Å². The molecule has 0 unspecified atom stereocenters. The molecule has 0 spiro atoms. The van der Waals surface area contributed by atoms with E-state index in [0.717, 1.165) is 19.5 Å².